The fraction of sp³-hybridized carbons (Fsp3) is 0.625. The lowest BCUT2D eigenvalue weighted by molar-refractivity contribution is -0.128. The summed E-state index contributed by atoms with van der Waals surface area (Å²) in [6.45, 7) is 9.90. The summed E-state index contributed by atoms with van der Waals surface area (Å²) in [6, 6.07) is 0. The van der Waals surface area contributed by atoms with Crippen LogP contribution in [0.3, 0.4) is 0 Å². The first-order valence-electron chi connectivity index (χ1n) is 10.3. The summed E-state index contributed by atoms with van der Waals surface area (Å²) in [5.74, 6) is -0.343. The van der Waals surface area contributed by atoms with Gasteiger partial charge in [0, 0.05) is 11.8 Å². The Balaban J connectivity index is 2.67. The van der Waals surface area contributed by atoms with Gasteiger partial charge in [0.25, 0.3) is 0 Å². The molecule has 0 amide bonds. The van der Waals surface area contributed by atoms with E-state index >= 15 is 0 Å². The number of hydrogen-bond acceptors (Lipinski definition) is 5. The molecule has 29 heavy (non-hydrogen) atoms. The monoisotopic (exact) mass is 406 g/mol. The number of Topliss-reactive ketones (excluding diaryl/α,β-unsaturated/α-hetero) is 1. The third-order valence-electron chi connectivity index (χ3n) is 5.43. The van der Waals surface area contributed by atoms with Gasteiger partial charge in [-0.3, -0.25) is 4.79 Å². The molecular formula is C24H38O5. The highest BCUT2D eigenvalue weighted by Gasteiger charge is 2.42. The number of ether oxygens (including phenoxy) is 2. The minimum atomic E-state index is -0.856. The lowest BCUT2D eigenvalue weighted by atomic mass is 9.77. The Bertz CT molecular complexity index is 679. The third-order valence-corrected chi connectivity index (χ3v) is 5.43. The minimum absolute atomic E-state index is 0.125. The van der Waals surface area contributed by atoms with Crippen molar-refractivity contribution in [2.75, 3.05) is 14.2 Å². The molecular weight excluding hydrogens is 368 g/mol. The molecule has 0 saturated carbocycles. The maximum Gasteiger partial charge on any atom is 0.204 e. The number of allylic oxidation sites excluding steroid dienone is 5. The molecule has 0 fully saturated rings. The van der Waals surface area contributed by atoms with Crippen molar-refractivity contribution in [2.45, 2.75) is 72.5 Å². The molecule has 0 aromatic rings. The number of carbonyl (C=O) groups excluding carboxylic acids is 1. The average molecular weight is 407 g/mol. The standard InChI is InChI=1S/C24H38O5/c1-15(2)13-19(25)14-17(4)10-8-9-16(3)11-12-20-18(5)21(26)23(28-6)24(29-7)22(20)27/h10-11,13,18-20,22,25,27H,8-9,12,14H2,1-7H3/t18-,19-,20-,22-/m1/s1. The van der Waals surface area contributed by atoms with Crippen molar-refractivity contribution in [1.82, 2.24) is 0 Å². The van der Waals surface area contributed by atoms with E-state index in [9.17, 15) is 15.0 Å². The van der Waals surface area contributed by atoms with E-state index in [4.69, 9.17) is 9.47 Å². The van der Waals surface area contributed by atoms with E-state index < -0.39 is 12.2 Å². The van der Waals surface area contributed by atoms with E-state index in [0.717, 1.165) is 18.4 Å². The van der Waals surface area contributed by atoms with Gasteiger partial charge in [0.15, 0.2) is 5.76 Å². The molecule has 1 aliphatic rings. The normalized spacial score (nSPS) is 24.4. The molecule has 2 N–H and O–H groups in total. The Morgan fingerprint density at radius 2 is 1.76 bits per heavy atom. The molecule has 5 heteroatoms. The maximum absolute atomic E-state index is 12.5. The quantitative estimate of drug-likeness (QED) is 0.524. The lowest BCUT2D eigenvalue weighted by Gasteiger charge is -2.33. The van der Waals surface area contributed by atoms with Gasteiger partial charge in [0.1, 0.15) is 6.10 Å². The Labute approximate surface area is 175 Å². The summed E-state index contributed by atoms with van der Waals surface area (Å²) in [5.41, 5.74) is 3.50. The predicted molar refractivity (Wildman–Crippen MR) is 116 cm³/mol. The SMILES string of the molecule is COC1=C(OC)[C@H](O)[C@H](CC=C(C)CCC=C(C)C[C@H](O)C=C(C)C)[C@@H](C)C1=O. The molecule has 0 unspecified atom stereocenters. The zero-order valence-electron chi connectivity index (χ0n) is 19.0. The molecule has 0 aromatic heterocycles. The largest absolute Gasteiger partial charge is 0.494 e. The molecule has 0 aliphatic heterocycles. The first-order valence-corrected chi connectivity index (χ1v) is 10.3. The first kappa shape index (κ1) is 25.2. The van der Waals surface area contributed by atoms with Crippen molar-refractivity contribution in [2.24, 2.45) is 11.8 Å². The van der Waals surface area contributed by atoms with Crippen LogP contribution in [-0.4, -0.2) is 42.4 Å². The van der Waals surface area contributed by atoms with Gasteiger partial charge in [-0.15, -0.1) is 0 Å². The van der Waals surface area contributed by atoms with Gasteiger partial charge in [-0.2, -0.15) is 0 Å². The summed E-state index contributed by atoms with van der Waals surface area (Å²) in [5, 5.41) is 20.6. The van der Waals surface area contributed by atoms with E-state index in [-0.39, 0.29) is 29.1 Å². The van der Waals surface area contributed by atoms with Crippen molar-refractivity contribution in [3.63, 3.8) is 0 Å². The predicted octanol–water partition coefficient (Wildman–Crippen LogP) is 4.47. The number of rotatable bonds is 10. The van der Waals surface area contributed by atoms with Crippen LogP contribution < -0.4 is 0 Å². The van der Waals surface area contributed by atoms with Crippen LogP contribution in [0, 0.1) is 11.8 Å². The van der Waals surface area contributed by atoms with Crippen LogP contribution in [-0.2, 0) is 14.3 Å². The van der Waals surface area contributed by atoms with Crippen LogP contribution in [0.5, 0.6) is 0 Å². The van der Waals surface area contributed by atoms with Crippen LogP contribution in [0.2, 0.25) is 0 Å². The Kier molecular flexibility index (Phi) is 10.4. The maximum atomic E-state index is 12.5. The van der Waals surface area contributed by atoms with E-state index in [2.05, 4.69) is 19.1 Å². The summed E-state index contributed by atoms with van der Waals surface area (Å²) in [7, 11) is 2.87. The molecule has 0 aromatic carbocycles. The summed E-state index contributed by atoms with van der Waals surface area (Å²) in [4.78, 5) is 12.5. The van der Waals surface area contributed by atoms with Crippen LogP contribution in [0.25, 0.3) is 0 Å². The molecule has 0 heterocycles. The highest BCUT2D eigenvalue weighted by molar-refractivity contribution is 5.97. The second-order valence-electron chi connectivity index (χ2n) is 8.25. The number of carbonyl (C=O) groups is 1. The van der Waals surface area contributed by atoms with Crippen molar-refractivity contribution >= 4 is 5.78 Å². The van der Waals surface area contributed by atoms with Gasteiger partial charge in [0.2, 0.25) is 11.5 Å². The zero-order chi connectivity index (χ0) is 22.1. The van der Waals surface area contributed by atoms with Crippen molar-refractivity contribution in [3.05, 3.63) is 46.5 Å². The molecule has 1 rings (SSSR count). The zero-order valence-corrected chi connectivity index (χ0v) is 19.0. The van der Waals surface area contributed by atoms with Crippen molar-refractivity contribution in [1.29, 1.82) is 0 Å². The summed E-state index contributed by atoms with van der Waals surface area (Å²) in [6.07, 6.45) is 7.90. The van der Waals surface area contributed by atoms with Gasteiger partial charge < -0.3 is 19.7 Å². The Morgan fingerprint density at radius 1 is 1.10 bits per heavy atom. The summed E-state index contributed by atoms with van der Waals surface area (Å²) < 4.78 is 10.4. The van der Waals surface area contributed by atoms with Gasteiger partial charge >= 0.3 is 0 Å². The highest BCUT2D eigenvalue weighted by atomic mass is 16.5. The molecule has 0 bridgehead atoms. The van der Waals surface area contributed by atoms with Crippen molar-refractivity contribution in [3.8, 4) is 0 Å². The number of ketones is 1. The number of aliphatic hydroxyl groups excluding tert-OH is 2. The average Bonchev–Trinajstić information content (AvgIpc) is 2.63. The van der Waals surface area contributed by atoms with Crippen LogP contribution in [0.4, 0.5) is 0 Å². The number of methoxy groups -OCH3 is 2. The van der Waals surface area contributed by atoms with Gasteiger partial charge in [-0.25, -0.2) is 0 Å². The molecule has 4 atom stereocenters. The minimum Gasteiger partial charge on any atom is -0.494 e. The molecule has 1 aliphatic carbocycles. The van der Waals surface area contributed by atoms with E-state index in [1.807, 2.05) is 33.8 Å². The number of aliphatic hydroxyl groups is 2. The Morgan fingerprint density at radius 3 is 2.31 bits per heavy atom. The van der Waals surface area contributed by atoms with Gasteiger partial charge in [-0.1, -0.05) is 41.9 Å². The fourth-order valence-corrected chi connectivity index (χ4v) is 3.71. The topological polar surface area (TPSA) is 76.0 Å². The van der Waals surface area contributed by atoms with E-state index in [1.54, 1.807) is 0 Å². The molecule has 164 valence electrons. The fourth-order valence-electron chi connectivity index (χ4n) is 3.71. The molecule has 0 radical (unpaired) electrons. The second-order valence-corrected chi connectivity index (χ2v) is 8.25. The number of hydrogen-bond donors (Lipinski definition) is 2. The molecule has 0 saturated heterocycles. The molecule has 5 nitrogen and oxygen atoms in total. The molecule has 0 spiro atoms. The second kappa shape index (κ2) is 12.0. The summed E-state index contributed by atoms with van der Waals surface area (Å²) >= 11 is 0. The van der Waals surface area contributed by atoms with Crippen LogP contribution in [0.15, 0.2) is 46.5 Å². The van der Waals surface area contributed by atoms with Crippen LogP contribution >= 0.6 is 0 Å². The Hall–Kier alpha value is -1.85. The smallest absolute Gasteiger partial charge is 0.204 e. The van der Waals surface area contributed by atoms with Crippen molar-refractivity contribution < 1.29 is 24.5 Å². The van der Waals surface area contributed by atoms with E-state index in [0.29, 0.717) is 12.8 Å². The highest BCUT2D eigenvalue weighted by Crippen LogP contribution is 2.35. The van der Waals surface area contributed by atoms with Crippen LogP contribution in [0.1, 0.15) is 60.3 Å². The van der Waals surface area contributed by atoms with E-state index in [1.165, 1.54) is 25.4 Å². The third kappa shape index (κ3) is 7.48. The lowest BCUT2D eigenvalue weighted by Crippen LogP contribution is -2.40. The first-order chi connectivity index (χ1) is 13.6. The van der Waals surface area contributed by atoms with Gasteiger partial charge in [0.05, 0.1) is 20.3 Å². The van der Waals surface area contributed by atoms with Gasteiger partial charge in [-0.05, 0) is 53.4 Å².